The summed E-state index contributed by atoms with van der Waals surface area (Å²) in [5.74, 6) is -0.0768. The molecule has 1 aliphatic rings. The van der Waals surface area contributed by atoms with Crippen LogP contribution in [0.5, 0.6) is 0 Å². The van der Waals surface area contributed by atoms with Gasteiger partial charge in [-0.25, -0.2) is 19.6 Å². The number of nitrogens with one attached hydrogen (secondary N) is 1. The first-order chi connectivity index (χ1) is 15.5. The molecular weight excluding hydrogens is 412 g/mol. The van der Waals surface area contributed by atoms with E-state index >= 15 is 0 Å². The summed E-state index contributed by atoms with van der Waals surface area (Å²) >= 11 is 0. The van der Waals surface area contributed by atoms with E-state index in [1.54, 1.807) is 55.4 Å². The zero-order valence-electron chi connectivity index (χ0n) is 17.9. The Morgan fingerprint density at radius 1 is 1.12 bits per heavy atom. The predicted molar refractivity (Wildman–Crippen MR) is 120 cm³/mol. The number of urea groups is 1. The normalized spacial score (nSPS) is 13.8. The SMILES string of the molecule is CCOC(=O)c1cccc(NC(=O)N2CCN(c3nc4cccnc4n(C)c3=O)CC2)c1. The Morgan fingerprint density at radius 3 is 2.66 bits per heavy atom. The van der Waals surface area contributed by atoms with Crippen molar-refractivity contribution in [3.05, 3.63) is 58.5 Å². The van der Waals surface area contributed by atoms with E-state index in [0.29, 0.717) is 54.4 Å². The lowest BCUT2D eigenvalue weighted by Gasteiger charge is -2.35. The van der Waals surface area contributed by atoms with Crippen molar-refractivity contribution in [2.24, 2.45) is 7.05 Å². The maximum Gasteiger partial charge on any atom is 0.338 e. The number of amides is 2. The van der Waals surface area contributed by atoms with Crippen molar-refractivity contribution in [1.82, 2.24) is 19.4 Å². The van der Waals surface area contributed by atoms with E-state index in [1.807, 2.05) is 11.0 Å². The molecule has 4 rings (SSSR count). The van der Waals surface area contributed by atoms with Crippen LogP contribution in [0.25, 0.3) is 11.2 Å². The molecule has 2 amide bonds. The summed E-state index contributed by atoms with van der Waals surface area (Å²) in [6.07, 6.45) is 1.63. The maximum absolute atomic E-state index is 12.8. The molecule has 0 bridgehead atoms. The highest BCUT2D eigenvalue weighted by atomic mass is 16.5. The summed E-state index contributed by atoms with van der Waals surface area (Å²) in [5.41, 5.74) is 1.85. The molecule has 10 heteroatoms. The number of benzene rings is 1. The van der Waals surface area contributed by atoms with E-state index in [1.165, 1.54) is 4.57 Å². The number of fused-ring (bicyclic) bond motifs is 1. The van der Waals surface area contributed by atoms with Crippen molar-refractivity contribution in [1.29, 1.82) is 0 Å². The predicted octanol–water partition coefficient (Wildman–Crippen LogP) is 1.86. The van der Waals surface area contributed by atoms with E-state index in [0.717, 1.165) is 0 Å². The number of esters is 1. The molecule has 0 saturated carbocycles. The number of hydrogen-bond donors (Lipinski definition) is 1. The Labute approximate surface area is 184 Å². The molecule has 0 spiro atoms. The van der Waals surface area contributed by atoms with Crippen LogP contribution in [0, 0.1) is 0 Å². The standard InChI is InChI=1S/C22H24N6O4/c1-3-32-21(30)15-6-4-7-16(14-15)24-22(31)28-12-10-27(11-13-28)19-20(29)26(2)18-17(25-19)8-5-9-23-18/h4-9,14H,3,10-13H2,1-2H3,(H,24,31). The fourth-order valence-corrected chi connectivity index (χ4v) is 3.61. The van der Waals surface area contributed by atoms with Gasteiger partial charge in [-0.1, -0.05) is 6.07 Å². The van der Waals surface area contributed by atoms with E-state index in [4.69, 9.17) is 4.74 Å². The molecule has 0 unspecified atom stereocenters. The Kier molecular flexibility index (Phi) is 6.02. The minimum Gasteiger partial charge on any atom is -0.462 e. The zero-order valence-corrected chi connectivity index (χ0v) is 17.9. The summed E-state index contributed by atoms with van der Waals surface area (Å²) < 4.78 is 6.49. The van der Waals surface area contributed by atoms with Gasteiger partial charge in [-0.05, 0) is 37.3 Å². The van der Waals surface area contributed by atoms with Crippen LogP contribution >= 0.6 is 0 Å². The van der Waals surface area contributed by atoms with Crippen LogP contribution in [0.3, 0.4) is 0 Å². The molecule has 10 nitrogen and oxygen atoms in total. The number of aromatic nitrogens is 3. The van der Waals surface area contributed by atoms with Gasteiger partial charge in [-0.2, -0.15) is 0 Å². The first kappa shape index (κ1) is 21.3. The molecule has 2 aromatic heterocycles. The Balaban J connectivity index is 1.42. The molecule has 0 aliphatic carbocycles. The minimum atomic E-state index is -0.433. The number of aryl methyl sites for hydroxylation is 1. The topological polar surface area (TPSA) is 110 Å². The number of hydrogen-bond acceptors (Lipinski definition) is 7. The fraction of sp³-hybridized carbons (Fsp3) is 0.318. The number of anilines is 2. The van der Waals surface area contributed by atoms with Gasteiger partial charge in [0.1, 0.15) is 5.52 Å². The molecule has 3 heterocycles. The van der Waals surface area contributed by atoms with Gasteiger partial charge >= 0.3 is 12.0 Å². The van der Waals surface area contributed by atoms with Crippen molar-refractivity contribution in [2.45, 2.75) is 6.92 Å². The van der Waals surface area contributed by atoms with Crippen molar-refractivity contribution in [2.75, 3.05) is 43.0 Å². The van der Waals surface area contributed by atoms with Crippen LogP contribution in [0.1, 0.15) is 17.3 Å². The second-order valence-corrected chi connectivity index (χ2v) is 7.35. The average Bonchev–Trinajstić information content (AvgIpc) is 2.82. The zero-order chi connectivity index (χ0) is 22.7. The summed E-state index contributed by atoms with van der Waals surface area (Å²) in [4.78, 5) is 49.6. The van der Waals surface area contributed by atoms with Crippen molar-refractivity contribution in [3.63, 3.8) is 0 Å². The Bertz CT molecular complexity index is 1220. The third-order valence-electron chi connectivity index (χ3n) is 5.30. The fourth-order valence-electron chi connectivity index (χ4n) is 3.61. The van der Waals surface area contributed by atoms with E-state index < -0.39 is 5.97 Å². The largest absolute Gasteiger partial charge is 0.462 e. The number of ether oxygens (including phenoxy) is 1. The van der Waals surface area contributed by atoms with Crippen LogP contribution in [-0.4, -0.2) is 64.2 Å². The minimum absolute atomic E-state index is 0.218. The number of carbonyl (C=O) groups is 2. The second-order valence-electron chi connectivity index (χ2n) is 7.35. The summed E-state index contributed by atoms with van der Waals surface area (Å²) in [6, 6.07) is 9.96. The highest BCUT2D eigenvalue weighted by Gasteiger charge is 2.24. The molecule has 166 valence electrons. The number of rotatable bonds is 4. The van der Waals surface area contributed by atoms with E-state index in [2.05, 4.69) is 15.3 Å². The molecule has 1 aliphatic heterocycles. The quantitative estimate of drug-likeness (QED) is 0.622. The van der Waals surface area contributed by atoms with Crippen LogP contribution in [0.4, 0.5) is 16.3 Å². The van der Waals surface area contributed by atoms with E-state index in [9.17, 15) is 14.4 Å². The molecule has 1 N–H and O–H groups in total. The van der Waals surface area contributed by atoms with Gasteiger partial charge in [0, 0.05) is 45.1 Å². The molecule has 1 fully saturated rings. The maximum atomic E-state index is 12.8. The summed E-state index contributed by atoms with van der Waals surface area (Å²) in [6.45, 7) is 3.84. The van der Waals surface area contributed by atoms with Gasteiger partial charge in [0.2, 0.25) is 0 Å². The first-order valence-electron chi connectivity index (χ1n) is 10.4. The van der Waals surface area contributed by atoms with Crippen molar-refractivity contribution < 1.29 is 14.3 Å². The molecule has 1 saturated heterocycles. The molecule has 0 radical (unpaired) electrons. The van der Waals surface area contributed by atoms with Crippen LogP contribution in [-0.2, 0) is 11.8 Å². The van der Waals surface area contributed by atoms with Crippen molar-refractivity contribution in [3.8, 4) is 0 Å². The third-order valence-corrected chi connectivity index (χ3v) is 5.30. The van der Waals surface area contributed by atoms with Gasteiger partial charge in [0.05, 0.1) is 12.2 Å². The summed E-state index contributed by atoms with van der Waals surface area (Å²) in [5, 5.41) is 2.82. The van der Waals surface area contributed by atoms with Gasteiger partial charge in [-0.3, -0.25) is 9.36 Å². The molecule has 32 heavy (non-hydrogen) atoms. The number of pyridine rings is 1. The van der Waals surface area contributed by atoms with Gasteiger partial charge in [-0.15, -0.1) is 0 Å². The second kappa shape index (κ2) is 9.04. The monoisotopic (exact) mass is 436 g/mol. The Morgan fingerprint density at radius 2 is 1.91 bits per heavy atom. The molecule has 0 atom stereocenters. The van der Waals surface area contributed by atoms with Crippen LogP contribution < -0.4 is 15.8 Å². The van der Waals surface area contributed by atoms with Gasteiger partial charge in [0.15, 0.2) is 11.5 Å². The molecule has 1 aromatic carbocycles. The lowest BCUT2D eigenvalue weighted by atomic mass is 10.2. The average molecular weight is 436 g/mol. The van der Waals surface area contributed by atoms with Crippen LogP contribution in [0.15, 0.2) is 47.4 Å². The number of carbonyl (C=O) groups excluding carboxylic acids is 2. The molecule has 3 aromatic rings. The lowest BCUT2D eigenvalue weighted by Crippen LogP contribution is -2.51. The third kappa shape index (κ3) is 4.25. The number of piperazine rings is 1. The van der Waals surface area contributed by atoms with Gasteiger partial charge < -0.3 is 19.9 Å². The smallest absolute Gasteiger partial charge is 0.338 e. The highest BCUT2D eigenvalue weighted by molar-refractivity contribution is 5.94. The van der Waals surface area contributed by atoms with Gasteiger partial charge in [0.25, 0.3) is 5.56 Å². The Hall–Kier alpha value is -3.95. The highest BCUT2D eigenvalue weighted by Crippen LogP contribution is 2.16. The first-order valence-corrected chi connectivity index (χ1v) is 10.4. The molecular formula is C22H24N6O4. The summed E-state index contributed by atoms with van der Waals surface area (Å²) in [7, 11) is 1.68. The van der Waals surface area contributed by atoms with Crippen molar-refractivity contribution >= 4 is 34.7 Å². The lowest BCUT2D eigenvalue weighted by molar-refractivity contribution is 0.0526. The number of nitrogens with zero attached hydrogens (tertiary/aromatic N) is 5. The van der Waals surface area contributed by atoms with Crippen LogP contribution in [0.2, 0.25) is 0 Å². The van der Waals surface area contributed by atoms with E-state index in [-0.39, 0.29) is 18.2 Å².